The van der Waals surface area contributed by atoms with Gasteiger partial charge in [-0.1, -0.05) is 165 Å². The van der Waals surface area contributed by atoms with E-state index in [1.807, 2.05) is 0 Å². The maximum Gasteiger partial charge on any atom is 0.343 e. The van der Waals surface area contributed by atoms with Gasteiger partial charge in [-0.15, -0.1) is 11.3 Å². The van der Waals surface area contributed by atoms with Crippen molar-refractivity contribution in [2.75, 3.05) is 4.90 Å². The maximum absolute atomic E-state index is 2.80. The van der Waals surface area contributed by atoms with Gasteiger partial charge in [0.2, 0.25) is 0 Å². The molecule has 326 valence electrons. The SMILES string of the molecule is CC(C)(C)c1ccc(N2c3c4c(cc5c3-c3ccccc3C5(C)C)-c3cccc5c6cc7ccccc7cc6n(c35)B4c3sc4cc5c(cc4c32)C(C)(C)CCC5(C)C)c(-c2ccccc2)c1. The summed E-state index contributed by atoms with van der Waals surface area (Å²) in [5.74, 6) is 0. The summed E-state index contributed by atoms with van der Waals surface area (Å²) in [6.07, 6.45) is 2.36. The van der Waals surface area contributed by atoms with Crippen molar-refractivity contribution in [2.24, 2.45) is 0 Å². The van der Waals surface area contributed by atoms with Crippen LogP contribution in [0.4, 0.5) is 17.1 Å². The van der Waals surface area contributed by atoms with Crippen molar-refractivity contribution < 1.29 is 0 Å². The van der Waals surface area contributed by atoms with E-state index in [1.165, 1.54) is 144 Å². The van der Waals surface area contributed by atoms with Gasteiger partial charge < -0.3 is 9.38 Å². The molecule has 67 heavy (non-hydrogen) atoms. The highest BCUT2D eigenvalue weighted by Crippen LogP contribution is 2.60. The quantitative estimate of drug-likeness (QED) is 0.157. The highest BCUT2D eigenvalue weighted by Gasteiger charge is 2.50. The van der Waals surface area contributed by atoms with Crippen molar-refractivity contribution >= 4 is 88.2 Å². The summed E-state index contributed by atoms with van der Waals surface area (Å²) in [4.78, 5) is 2.80. The number of benzene rings is 8. The van der Waals surface area contributed by atoms with E-state index in [-0.39, 0.29) is 28.5 Å². The largest absolute Gasteiger partial charge is 0.375 e. The fraction of sp³-hybridized carbons (Fsp3) is 0.238. The summed E-state index contributed by atoms with van der Waals surface area (Å²) in [7, 11) is 0. The van der Waals surface area contributed by atoms with Gasteiger partial charge in [-0.2, -0.15) is 0 Å². The van der Waals surface area contributed by atoms with Gasteiger partial charge in [-0.05, 0) is 132 Å². The van der Waals surface area contributed by atoms with Gasteiger partial charge in [0.15, 0.2) is 0 Å². The van der Waals surface area contributed by atoms with Gasteiger partial charge in [0.1, 0.15) is 0 Å². The first kappa shape index (κ1) is 39.8. The molecule has 0 unspecified atom stereocenters. The fourth-order valence-electron chi connectivity index (χ4n) is 13.2. The Labute approximate surface area is 399 Å². The van der Waals surface area contributed by atoms with E-state index in [9.17, 15) is 0 Å². The molecule has 4 aliphatic rings. The minimum atomic E-state index is -0.210. The lowest BCUT2D eigenvalue weighted by atomic mass is 9.47. The molecule has 2 aliphatic carbocycles. The number of fused-ring (bicyclic) bond motifs is 15. The third-order valence-corrected chi connectivity index (χ3v) is 18.1. The molecule has 0 N–H and O–H groups in total. The zero-order chi connectivity index (χ0) is 45.7. The number of aromatic nitrogens is 1. The Balaban J connectivity index is 1.22. The Morgan fingerprint density at radius 1 is 0.537 bits per heavy atom. The number of hydrogen-bond acceptors (Lipinski definition) is 2. The summed E-state index contributed by atoms with van der Waals surface area (Å²) < 4.78 is 5.60. The van der Waals surface area contributed by atoms with Crippen molar-refractivity contribution in [1.82, 2.24) is 4.48 Å². The van der Waals surface area contributed by atoms with Gasteiger partial charge in [-0.25, -0.2) is 0 Å². The molecule has 0 radical (unpaired) electrons. The van der Waals surface area contributed by atoms with Crippen LogP contribution in [0.25, 0.3) is 76.0 Å². The van der Waals surface area contributed by atoms with Crippen molar-refractivity contribution in [1.29, 1.82) is 0 Å². The number of nitrogens with zero attached hydrogens (tertiary/aromatic N) is 2. The predicted molar refractivity (Wildman–Crippen MR) is 290 cm³/mol. The standard InChI is InChI=1S/C63H55BN2S/c1-60(2,3)39-26-27-51(43(32-39)36-18-11-10-12-19-36)65-57-46-34-48-49(62(6,7)29-28-61(48,4)5)35-53(46)67-59(57)64-55-45(33-50-54(58(55)65)42-22-15-16-25-47(42)63(50,8)9)41-24-17-23-40-44-30-37-20-13-14-21-38(37)31-52(44)66(64)56(40)41/h10-27,30-35H,28-29H2,1-9H3. The summed E-state index contributed by atoms with van der Waals surface area (Å²) >= 11 is 2.05. The molecule has 4 heterocycles. The van der Waals surface area contributed by atoms with Crippen LogP contribution in [-0.2, 0) is 21.7 Å². The maximum atomic E-state index is 2.80. The lowest BCUT2D eigenvalue weighted by Gasteiger charge is -2.43. The summed E-state index contributed by atoms with van der Waals surface area (Å²) in [5.41, 5.74) is 23.0. The number of para-hydroxylation sites is 1. The number of rotatable bonds is 2. The predicted octanol–water partition coefficient (Wildman–Crippen LogP) is 16.2. The first-order valence-electron chi connectivity index (χ1n) is 24.5. The van der Waals surface area contributed by atoms with Crippen molar-refractivity contribution in [3.05, 3.63) is 173 Å². The first-order chi connectivity index (χ1) is 32.1. The minimum Gasteiger partial charge on any atom is -0.375 e. The van der Waals surface area contributed by atoms with Crippen LogP contribution in [0.1, 0.15) is 103 Å². The second kappa shape index (κ2) is 13.0. The van der Waals surface area contributed by atoms with E-state index in [2.05, 4.69) is 229 Å². The topological polar surface area (TPSA) is 8.17 Å². The molecule has 0 saturated carbocycles. The number of hydrogen-bond donors (Lipinski definition) is 0. The molecule has 4 heteroatoms. The summed E-state index contributed by atoms with van der Waals surface area (Å²) in [5, 5.41) is 6.60. The molecule has 8 aromatic carbocycles. The zero-order valence-corrected chi connectivity index (χ0v) is 41.0. The van der Waals surface area contributed by atoms with Crippen molar-refractivity contribution in [3.8, 4) is 33.4 Å². The van der Waals surface area contributed by atoms with Crippen molar-refractivity contribution in [2.45, 2.75) is 96.8 Å². The Bertz CT molecular complexity index is 3830. The molecule has 0 saturated heterocycles. The fourth-order valence-corrected chi connectivity index (χ4v) is 14.5. The monoisotopic (exact) mass is 882 g/mol. The molecule has 2 aromatic heterocycles. The molecule has 0 fully saturated rings. The second-order valence-electron chi connectivity index (χ2n) is 23.1. The van der Waals surface area contributed by atoms with Crippen LogP contribution < -0.4 is 15.1 Å². The molecular formula is C63H55BN2S. The smallest absolute Gasteiger partial charge is 0.343 e. The van der Waals surface area contributed by atoms with Gasteiger partial charge in [-0.3, -0.25) is 0 Å². The van der Waals surface area contributed by atoms with E-state index < -0.39 is 0 Å². The molecule has 0 spiro atoms. The van der Waals surface area contributed by atoms with Gasteiger partial charge in [0.05, 0.1) is 17.1 Å². The average Bonchev–Trinajstić information content (AvgIpc) is 3.93. The summed E-state index contributed by atoms with van der Waals surface area (Å²) in [6, 6.07) is 56.9. The third kappa shape index (κ3) is 5.18. The van der Waals surface area contributed by atoms with E-state index in [0.29, 0.717) is 0 Å². The summed E-state index contributed by atoms with van der Waals surface area (Å²) in [6.45, 7) is 21.9. The molecule has 2 nitrogen and oxygen atoms in total. The Hall–Kier alpha value is -6.36. The van der Waals surface area contributed by atoms with E-state index >= 15 is 0 Å². The van der Waals surface area contributed by atoms with Gasteiger partial charge in [0.25, 0.3) is 0 Å². The Morgan fingerprint density at radius 2 is 1.22 bits per heavy atom. The molecule has 0 atom stereocenters. The van der Waals surface area contributed by atoms with Crippen LogP contribution in [0.2, 0.25) is 0 Å². The van der Waals surface area contributed by atoms with Crippen LogP contribution in [-0.4, -0.2) is 11.3 Å². The third-order valence-electron chi connectivity index (χ3n) is 16.9. The zero-order valence-electron chi connectivity index (χ0n) is 40.2. The van der Waals surface area contributed by atoms with Crippen molar-refractivity contribution in [3.63, 3.8) is 0 Å². The Kier molecular flexibility index (Phi) is 7.71. The van der Waals surface area contributed by atoms with Crippen LogP contribution in [0.5, 0.6) is 0 Å². The average molecular weight is 883 g/mol. The molecule has 14 rings (SSSR count). The van der Waals surface area contributed by atoms with E-state index in [0.717, 1.165) is 0 Å². The van der Waals surface area contributed by atoms with Crippen LogP contribution in [0.15, 0.2) is 146 Å². The number of anilines is 3. The molecule has 10 aromatic rings. The number of thiophene rings is 1. The Morgan fingerprint density at radius 3 is 1.99 bits per heavy atom. The highest BCUT2D eigenvalue weighted by atomic mass is 32.1. The second-order valence-corrected chi connectivity index (χ2v) is 24.2. The van der Waals surface area contributed by atoms with Crippen LogP contribution in [0, 0.1) is 0 Å². The molecule has 0 amide bonds. The lowest BCUT2D eigenvalue weighted by Crippen LogP contribution is -2.55. The van der Waals surface area contributed by atoms with E-state index in [4.69, 9.17) is 0 Å². The van der Waals surface area contributed by atoms with Gasteiger partial charge >= 0.3 is 6.85 Å². The van der Waals surface area contributed by atoms with Crippen LogP contribution in [0.3, 0.4) is 0 Å². The normalized spacial score (nSPS) is 16.9. The lowest BCUT2D eigenvalue weighted by molar-refractivity contribution is 0.332. The van der Waals surface area contributed by atoms with Crippen LogP contribution >= 0.6 is 11.3 Å². The first-order valence-corrected chi connectivity index (χ1v) is 25.3. The van der Waals surface area contributed by atoms with Gasteiger partial charge in [0, 0.05) is 58.8 Å². The molecule has 0 bridgehead atoms. The van der Waals surface area contributed by atoms with E-state index in [1.54, 1.807) is 0 Å². The molecule has 2 aliphatic heterocycles. The molecular weight excluding hydrogens is 828 g/mol. The highest BCUT2D eigenvalue weighted by molar-refractivity contribution is 7.32. The minimum absolute atomic E-state index is 0.0302.